The lowest BCUT2D eigenvalue weighted by Crippen LogP contribution is -2.33. The maximum atomic E-state index is 13.0. The van der Waals surface area contributed by atoms with E-state index >= 15 is 0 Å². The standard InChI is InChI=1S/C25H23F3N6O3/c26-25(27,28)16-5-3-15(4-6-16)11-33-13-29-21-22(30-17-7-8-19-20(10-17)37-14-36-19)31-24(32-23(21)33)34-9-1-2-18(34)12-35/h3-8,10,13,18,35H,1-2,9,11-12,14H2,(H,30,31,32). The first-order valence-electron chi connectivity index (χ1n) is 11.8. The molecule has 0 spiro atoms. The zero-order valence-electron chi connectivity index (χ0n) is 19.6. The summed E-state index contributed by atoms with van der Waals surface area (Å²) in [5, 5.41) is 13.2. The number of imidazole rings is 1. The minimum absolute atomic E-state index is 0.0167. The number of nitrogens with zero attached hydrogens (tertiary/aromatic N) is 5. The van der Waals surface area contributed by atoms with Crippen LogP contribution in [-0.4, -0.2) is 50.6 Å². The van der Waals surface area contributed by atoms with Gasteiger partial charge in [-0.2, -0.15) is 23.1 Å². The van der Waals surface area contributed by atoms with Crippen molar-refractivity contribution >= 4 is 28.6 Å². The molecule has 37 heavy (non-hydrogen) atoms. The minimum atomic E-state index is -4.39. The van der Waals surface area contributed by atoms with Crippen molar-refractivity contribution in [2.75, 3.05) is 30.2 Å². The van der Waals surface area contributed by atoms with Crippen LogP contribution in [0.4, 0.5) is 30.6 Å². The average Bonchev–Trinajstić information content (AvgIpc) is 3.63. The molecule has 2 aliphatic rings. The zero-order chi connectivity index (χ0) is 25.6. The molecule has 0 saturated carbocycles. The number of aliphatic hydroxyl groups excluding tert-OH is 1. The van der Waals surface area contributed by atoms with E-state index in [1.807, 2.05) is 17.0 Å². The van der Waals surface area contributed by atoms with Gasteiger partial charge in [-0.05, 0) is 42.7 Å². The van der Waals surface area contributed by atoms with Crippen LogP contribution in [0.5, 0.6) is 11.5 Å². The highest BCUT2D eigenvalue weighted by Gasteiger charge is 2.30. The molecule has 2 aliphatic heterocycles. The number of ether oxygens (including phenoxy) is 2. The first-order chi connectivity index (χ1) is 17.9. The van der Waals surface area contributed by atoms with Gasteiger partial charge in [0.2, 0.25) is 12.7 Å². The molecule has 2 aromatic heterocycles. The molecular weight excluding hydrogens is 489 g/mol. The molecule has 9 nitrogen and oxygen atoms in total. The average molecular weight is 512 g/mol. The van der Waals surface area contributed by atoms with E-state index in [9.17, 15) is 18.3 Å². The molecule has 0 radical (unpaired) electrons. The van der Waals surface area contributed by atoms with Gasteiger partial charge in [0.05, 0.1) is 31.1 Å². The Bertz CT molecular complexity index is 1440. The summed E-state index contributed by atoms with van der Waals surface area (Å²) in [6.45, 7) is 1.12. The molecule has 1 unspecified atom stereocenters. The quantitative estimate of drug-likeness (QED) is 0.394. The van der Waals surface area contributed by atoms with Crippen LogP contribution >= 0.6 is 0 Å². The predicted octanol–water partition coefficient (Wildman–Crippen LogP) is 4.33. The van der Waals surface area contributed by atoms with Crippen molar-refractivity contribution in [3.63, 3.8) is 0 Å². The minimum Gasteiger partial charge on any atom is -0.454 e. The molecule has 0 amide bonds. The van der Waals surface area contributed by atoms with Crippen molar-refractivity contribution in [3.05, 3.63) is 59.9 Å². The Kier molecular flexibility index (Phi) is 5.75. The van der Waals surface area contributed by atoms with Crippen LogP contribution in [0.2, 0.25) is 0 Å². The lowest BCUT2D eigenvalue weighted by Gasteiger charge is -2.23. The third-order valence-electron chi connectivity index (χ3n) is 6.57. The Hall–Kier alpha value is -4.06. The maximum absolute atomic E-state index is 13.0. The Labute approximate surface area is 209 Å². The molecule has 4 aromatic rings. The van der Waals surface area contributed by atoms with Gasteiger partial charge in [-0.3, -0.25) is 0 Å². The van der Waals surface area contributed by atoms with Gasteiger partial charge in [0.25, 0.3) is 0 Å². The van der Waals surface area contributed by atoms with Gasteiger partial charge < -0.3 is 29.4 Å². The van der Waals surface area contributed by atoms with Crippen molar-refractivity contribution in [1.29, 1.82) is 0 Å². The SMILES string of the molecule is OCC1CCCN1c1nc(Nc2ccc3c(c2)OCO3)c2ncn(Cc3ccc(C(F)(F)F)cc3)c2n1. The second-order valence-electron chi connectivity index (χ2n) is 8.98. The molecular formula is C25H23F3N6O3. The van der Waals surface area contributed by atoms with E-state index < -0.39 is 11.7 Å². The first kappa shape index (κ1) is 23.3. The van der Waals surface area contributed by atoms with E-state index in [1.165, 1.54) is 12.1 Å². The summed E-state index contributed by atoms with van der Waals surface area (Å²) in [4.78, 5) is 16.0. The van der Waals surface area contributed by atoms with E-state index in [1.54, 1.807) is 17.0 Å². The van der Waals surface area contributed by atoms with Gasteiger partial charge in [0.15, 0.2) is 28.5 Å². The summed E-state index contributed by atoms with van der Waals surface area (Å²) in [7, 11) is 0. The number of hydrogen-bond donors (Lipinski definition) is 2. The monoisotopic (exact) mass is 512 g/mol. The van der Waals surface area contributed by atoms with Crippen LogP contribution in [0.3, 0.4) is 0 Å². The number of aromatic nitrogens is 4. The number of halogens is 3. The number of hydrogen-bond acceptors (Lipinski definition) is 8. The number of nitrogens with one attached hydrogen (secondary N) is 1. The van der Waals surface area contributed by atoms with E-state index in [4.69, 9.17) is 19.4 Å². The summed E-state index contributed by atoms with van der Waals surface area (Å²) < 4.78 is 51.6. The molecule has 12 heteroatoms. The molecule has 6 rings (SSSR count). The number of anilines is 3. The largest absolute Gasteiger partial charge is 0.454 e. The third kappa shape index (κ3) is 4.48. The summed E-state index contributed by atoms with van der Waals surface area (Å²) in [5.41, 5.74) is 1.72. The van der Waals surface area contributed by atoms with Gasteiger partial charge in [0, 0.05) is 18.3 Å². The van der Waals surface area contributed by atoms with Gasteiger partial charge in [-0.1, -0.05) is 12.1 Å². The van der Waals surface area contributed by atoms with E-state index in [-0.39, 0.29) is 26.0 Å². The predicted molar refractivity (Wildman–Crippen MR) is 129 cm³/mol. The van der Waals surface area contributed by atoms with E-state index in [0.717, 1.165) is 25.0 Å². The molecule has 4 heterocycles. The highest BCUT2D eigenvalue weighted by atomic mass is 19.4. The highest BCUT2D eigenvalue weighted by Crippen LogP contribution is 2.36. The van der Waals surface area contributed by atoms with E-state index in [2.05, 4.69) is 10.3 Å². The summed E-state index contributed by atoms with van der Waals surface area (Å²) in [6, 6.07) is 10.4. The van der Waals surface area contributed by atoms with Gasteiger partial charge in [-0.15, -0.1) is 0 Å². The fourth-order valence-electron chi connectivity index (χ4n) is 4.66. The lowest BCUT2D eigenvalue weighted by atomic mass is 10.1. The summed E-state index contributed by atoms with van der Waals surface area (Å²) in [6.07, 6.45) is -1.06. The second-order valence-corrected chi connectivity index (χ2v) is 8.98. The third-order valence-corrected chi connectivity index (χ3v) is 6.57. The van der Waals surface area contributed by atoms with Crippen LogP contribution in [0.25, 0.3) is 11.2 Å². The molecule has 2 N–H and O–H groups in total. The normalized spacial score (nSPS) is 17.1. The van der Waals surface area contributed by atoms with Crippen LogP contribution in [0.1, 0.15) is 24.0 Å². The van der Waals surface area contributed by atoms with Crippen molar-refractivity contribution in [3.8, 4) is 11.5 Å². The van der Waals surface area contributed by atoms with Crippen molar-refractivity contribution in [2.45, 2.75) is 31.6 Å². The Morgan fingerprint density at radius 1 is 1.05 bits per heavy atom. The lowest BCUT2D eigenvalue weighted by molar-refractivity contribution is -0.137. The van der Waals surface area contributed by atoms with Crippen LogP contribution in [-0.2, 0) is 12.7 Å². The van der Waals surface area contributed by atoms with Crippen LogP contribution in [0, 0.1) is 0 Å². The van der Waals surface area contributed by atoms with Crippen LogP contribution < -0.4 is 19.7 Å². The fourth-order valence-corrected chi connectivity index (χ4v) is 4.66. The highest BCUT2D eigenvalue weighted by molar-refractivity contribution is 5.87. The molecule has 1 saturated heterocycles. The maximum Gasteiger partial charge on any atom is 0.416 e. The number of fused-ring (bicyclic) bond motifs is 2. The first-order valence-corrected chi connectivity index (χ1v) is 11.8. The smallest absolute Gasteiger partial charge is 0.416 e. The van der Waals surface area contributed by atoms with Gasteiger partial charge in [-0.25, -0.2) is 4.98 Å². The Morgan fingerprint density at radius 3 is 2.65 bits per heavy atom. The zero-order valence-corrected chi connectivity index (χ0v) is 19.6. The Balaban J connectivity index is 1.38. The number of aliphatic hydroxyl groups is 1. The number of alkyl halides is 3. The summed E-state index contributed by atoms with van der Waals surface area (Å²) >= 11 is 0. The molecule has 1 fully saturated rings. The second kappa shape index (κ2) is 9.11. The molecule has 0 aliphatic carbocycles. The molecule has 1 atom stereocenters. The van der Waals surface area contributed by atoms with E-state index in [0.29, 0.717) is 52.2 Å². The Morgan fingerprint density at radius 2 is 1.86 bits per heavy atom. The van der Waals surface area contributed by atoms with Crippen molar-refractivity contribution < 1.29 is 27.8 Å². The number of benzene rings is 2. The summed E-state index contributed by atoms with van der Waals surface area (Å²) in [5.74, 6) is 2.18. The molecule has 0 bridgehead atoms. The van der Waals surface area contributed by atoms with Crippen LogP contribution in [0.15, 0.2) is 48.8 Å². The van der Waals surface area contributed by atoms with Gasteiger partial charge in [0.1, 0.15) is 0 Å². The molecule has 2 aromatic carbocycles. The van der Waals surface area contributed by atoms with Crippen molar-refractivity contribution in [1.82, 2.24) is 19.5 Å². The fraction of sp³-hybridized carbons (Fsp3) is 0.320. The molecule has 192 valence electrons. The van der Waals surface area contributed by atoms with Gasteiger partial charge >= 0.3 is 6.18 Å². The topological polar surface area (TPSA) is 97.6 Å². The number of rotatable bonds is 6. The van der Waals surface area contributed by atoms with Crippen molar-refractivity contribution in [2.24, 2.45) is 0 Å².